The van der Waals surface area contributed by atoms with E-state index in [2.05, 4.69) is 0 Å². The topological polar surface area (TPSA) is 76.0 Å². The molecule has 0 saturated heterocycles. The Morgan fingerprint density at radius 2 is 1.62 bits per heavy atom. The van der Waals surface area contributed by atoms with E-state index < -0.39 is 11.1 Å². The number of ether oxygens (including phenoxy) is 2. The molecule has 6 heteroatoms. The maximum Gasteiger partial charge on any atom is 0.186 e. The van der Waals surface area contributed by atoms with Crippen molar-refractivity contribution >= 4 is 11.1 Å². The van der Waals surface area contributed by atoms with Crippen LogP contribution in [0.3, 0.4) is 0 Å². The van der Waals surface area contributed by atoms with Gasteiger partial charge in [-0.2, -0.15) is 0 Å². The Morgan fingerprint density at radius 1 is 1.19 bits per heavy atom. The second-order valence-electron chi connectivity index (χ2n) is 3.21. The smallest absolute Gasteiger partial charge is 0.186 e. The summed E-state index contributed by atoms with van der Waals surface area (Å²) in [6, 6.07) is 2.88. The van der Waals surface area contributed by atoms with Gasteiger partial charge in [-0.1, -0.05) is 0 Å². The lowest BCUT2D eigenvalue weighted by Crippen LogP contribution is -1.99. The summed E-state index contributed by atoms with van der Waals surface area (Å²) in [7, 11) is 2.97. The quantitative estimate of drug-likeness (QED) is 0.765. The average Bonchev–Trinajstić information content (AvgIpc) is 2.24. The van der Waals surface area contributed by atoms with Gasteiger partial charge in [-0.05, 0) is 12.1 Å². The van der Waals surface area contributed by atoms with E-state index in [9.17, 15) is 9.32 Å². The molecule has 1 rings (SSSR count). The predicted molar refractivity (Wildman–Crippen MR) is 58.6 cm³/mol. The largest absolute Gasteiger partial charge is 0.507 e. The normalized spacial score (nSPS) is 12.7. The van der Waals surface area contributed by atoms with E-state index in [0.717, 1.165) is 0 Å². The molecule has 1 aromatic rings. The minimum Gasteiger partial charge on any atom is -0.507 e. The van der Waals surface area contributed by atoms with Gasteiger partial charge in [0.15, 0.2) is 11.1 Å². The van der Waals surface area contributed by atoms with Gasteiger partial charge in [0.25, 0.3) is 0 Å². The second kappa shape index (κ2) is 5.95. The van der Waals surface area contributed by atoms with Crippen LogP contribution in [0, 0.1) is 0 Å². The summed E-state index contributed by atoms with van der Waals surface area (Å²) < 4.78 is 29.8. The monoisotopic (exact) mass is 246 g/mol. The number of aromatic hydroxyl groups is 1. The molecule has 0 bridgehead atoms. The number of hydrogen-bond acceptors (Lipinski definition) is 4. The Bertz CT molecular complexity index is 364. The maximum atomic E-state index is 11.0. The van der Waals surface area contributed by atoms with Crippen molar-refractivity contribution in [3.8, 4) is 5.75 Å². The summed E-state index contributed by atoms with van der Waals surface area (Å²) in [5, 5.41) is 9.82. The van der Waals surface area contributed by atoms with E-state index in [1.807, 2.05) is 0 Å². The van der Waals surface area contributed by atoms with Crippen LogP contribution < -0.4 is 0 Å². The van der Waals surface area contributed by atoms with Crippen LogP contribution in [0.25, 0.3) is 0 Å². The molecule has 0 aromatic heterocycles. The number of phenols is 1. The molecule has 0 saturated carbocycles. The first kappa shape index (κ1) is 13.1. The first-order valence-corrected chi connectivity index (χ1v) is 5.64. The number of methoxy groups -OCH3 is 2. The second-order valence-corrected chi connectivity index (χ2v) is 4.18. The molecule has 0 aliphatic carbocycles. The Hall–Kier alpha value is -0.950. The zero-order valence-corrected chi connectivity index (χ0v) is 9.91. The van der Waals surface area contributed by atoms with Gasteiger partial charge in [-0.15, -0.1) is 0 Å². The third kappa shape index (κ3) is 3.02. The van der Waals surface area contributed by atoms with Crippen LogP contribution in [0.2, 0.25) is 0 Å². The standard InChI is InChI=1S/C10H14O5S/c1-14-5-7-3-9(16(12)13)4-8(6-15-2)10(7)11/h3-4,11H,5-6H2,1-2H3,(H,12,13). The van der Waals surface area contributed by atoms with Crippen molar-refractivity contribution in [3.05, 3.63) is 23.3 Å². The number of benzene rings is 1. The first-order chi connectivity index (χ1) is 7.60. The van der Waals surface area contributed by atoms with Crippen molar-refractivity contribution in [3.63, 3.8) is 0 Å². The Kier molecular flexibility index (Phi) is 4.88. The van der Waals surface area contributed by atoms with Crippen molar-refractivity contribution in [1.82, 2.24) is 0 Å². The molecule has 2 N–H and O–H groups in total. The molecular weight excluding hydrogens is 232 g/mol. The number of rotatable bonds is 5. The molecule has 0 fully saturated rings. The van der Waals surface area contributed by atoms with Crippen LogP contribution in [-0.2, 0) is 33.8 Å². The van der Waals surface area contributed by atoms with Crippen LogP contribution in [0.4, 0.5) is 0 Å². The van der Waals surface area contributed by atoms with E-state index in [-0.39, 0.29) is 23.9 Å². The summed E-state index contributed by atoms with van der Waals surface area (Å²) in [5.41, 5.74) is 0.934. The van der Waals surface area contributed by atoms with Crippen molar-refractivity contribution in [2.24, 2.45) is 0 Å². The first-order valence-electron chi connectivity index (χ1n) is 4.53. The van der Waals surface area contributed by atoms with Gasteiger partial charge in [0.2, 0.25) is 0 Å². The van der Waals surface area contributed by atoms with Crippen LogP contribution in [0.15, 0.2) is 17.0 Å². The minimum absolute atomic E-state index is 0.0397. The van der Waals surface area contributed by atoms with E-state index in [1.54, 1.807) is 0 Å². The molecule has 0 aliphatic heterocycles. The highest BCUT2D eigenvalue weighted by Gasteiger charge is 2.12. The van der Waals surface area contributed by atoms with Crippen molar-refractivity contribution in [2.75, 3.05) is 14.2 Å². The highest BCUT2D eigenvalue weighted by atomic mass is 32.2. The van der Waals surface area contributed by atoms with Crippen molar-refractivity contribution in [1.29, 1.82) is 0 Å². The van der Waals surface area contributed by atoms with Crippen LogP contribution in [0.5, 0.6) is 5.75 Å². The van der Waals surface area contributed by atoms with E-state index in [4.69, 9.17) is 14.0 Å². The van der Waals surface area contributed by atoms with Gasteiger partial charge in [0.1, 0.15) is 5.75 Å². The van der Waals surface area contributed by atoms with E-state index >= 15 is 0 Å². The summed E-state index contributed by atoms with van der Waals surface area (Å²) in [6.45, 7) is 0.348. The molecule has 1 unspecified atom stereocenters. The molecule has 90 valence electrons. The molecular formula is C10H14O5S. The summed E-state index contributed by atoms with van der Waals surface area (Å²) in [5.74, 6) is 0.0397. The van der Waals surface area contributed by atoms with Crippen molar-refractivity contribution in [2.45, 2.75) is 18.1 Å². The van der Waals surface area contributed by atoms with E-state index in [1.165, 1.54) is 26.4 Å². The third-order valence-corrected chi connectivity index (χ3v) is 2.68. The summed E-state index contributed by atoms with van der Waals surface area (Å²) in [6.07, 6.45) is 0. The van der Waals surface area contributed by atoms with E-state index in [0.29, 0.717) is 11.1 Å². The maximum absolute atomic E-state index is 11.0. The number of phenolic OH excluding ortho intramolecular Hbond substituents is 1. The van der Waals surface area contributed by atoms with Crippen LogP contribution in [0.1, 0.15) is 11.1 Å². The summed E-state index contributed by atoms with van der Waals surface area (Å²) in [4.78, 5) is 0.219. The molecule has 1 atom stereocenters. The van der Waals surface area contributed by atoms with Gasteiger partial charge < -0.3 is 19.1 Å². The number of hydrogen-bond donors (Lipinski definition) is 2. The average molecular weight is 246 g/mol. The fourth-order valence-electron chi connectivity index (χ4n) is 1.36. The molecule has 0 radical (unpaired) electrons. The molecule has 1 aromatic carbocycles. The molecule has 0 spiro atoms. The fourth-order valence-corrected chi connectivity index (χ4v) is 1.85. The Labute approximate surface area is 96.3 Å². The Balaban J connectivity index is 3.21. The zero-order chi connectivity index (χ0) is 12.1. The highest BCUT2D eigenvalue weighted by Crippen LogP contribution is 2.27. The molecule has 5 nitrogen and oxygen atoms in total. The van der Waals surface area contributed by atoms with Gasteiger partial charge in [0, 0.05) is 25.3 Å². The lowest BCUT2D eigenvalue weighted by Gasteiger charge is -2.10. The van der Waals surface area contributed by atoms with Crippen LogP contribution >= 0.6 is 0 Å². The van der Waals surface area contributed by atoms with Gasteiger partial charge in [-0.3, -0.25) is 0 Å². The van der Waals surface area contributed by atoms with Crippen molar-refractivity contribution < 1.29 is 23.3 Å². The Morgan fingerprint density at radius 3 is 1.94 bits per heavy atom. The zero-order valence-electron chi connectivity index (χ0n) is 9.10. The summed E-state index contributed by atoms with van der Waals surface area (Å²) >= 11 is -2.09. The van der Waals surface area contributed by atoms with Gasteiger partial charge in [0.05, 0.1) is 18.1 Å². The van der Waals surface area contributed by atoms with Gasteiger partial charge in [-0.25, -0.2) is 4.21 Å². The van der Waals surface area contributed by atoms with Crippen LogP contribution in [-0.4, -0.2) is 28.1 Å². The lowest BCUT2D eigenvalue weighted by atomic mass is 10.1. The van der Waals surface area contributed by atoms with Gasteiger partial charge >= 0.3 is 0 Å². The molecule has 16 heavy (non-hydrogen) atoms. The minimum atomic E-state index is -2.09. The predicted octanol–water partition coefficient (Wildman–Crippen LogP) is 1.27. The molecule has 0 heterocycles. The third-order valence-electron chi connectivity index (χ3n) is 2.04. The highest BCUT2D eigenvalue weighted by molar-refractivity contribution is 7.79. The fraction of sp³-hybridized carbons (Fsp3) is 0.400. The SMILES string of the molecule is COCc1cc(S(=O)O)cc(COC)c1O. The molecule has 0 aliphatic rings. The molecule has 0 amide bonds. The lowest BCUT2D eigenvalue weighted by molar-refractivity contribution is 0.174.